The molecule has 0 amide bonds. The van der Waals surface area contributed by atoms with E-state index < -0.39 is 29.4 Å². The van der Waals surface area contributed by atoms with Gasteiger partial charge in [0.2, 0.25) is 0 Å². The number of rotatable bonds is 5. The summed E-state index contributed by atoms with van der Waals surface area (Å²) in [6, 6.07) is 13.2. The summed E-state index contributed by atoms with van der Waals surface area (Å²) in [5.41, 5.74) is 1.04. The van der Waals surface area contributed by atoms with Gasteiger partial charge in [0.1, 0.15) is 11.6 Å². The van der Waals surface area contributed by atoms with E-state index in [0.29, 0.717) is 11.1 Å². The van der Waals surface area contributed by atoms with E-state index in [9.17, 15) is 13.6 Å². The van der Waals surface area contributed by atoms with E-state index >= 15 is 0 Å². The molecule has 3 nitrogen and oxygen atoms in total. The number of halogens is 2. The van der Waals surface area contributed by atoms with Crippen LogP contribution < -0.4 is 0 Å². The predicted octanol–water partition coefficient (Wildman–Crippen LogP) is 3.92. The molecule has 2 rings (SSSR count). The number of benzene rings is 2. The molecule has 0 aliphatic rings. The highest BCUT2D eigenvalue weighted by Crippen LogP contribution is 2.36. The first-order chi connectivity index (χ1) is 11.1. The van der Waals surface area contributed by atoms with Crippen LogP contribution in [-0.2, 0) is 9.53 Å². The third-order valence-electron chi connectivity index (χ3n) is 3.67. The zero-order chi connectivity index (χ0) is 16.8. The minimum atomic E-state index is -0.846. The number of esters is 1. The lowest BCUT2D eigenvalue weighted by atomic mass is 9.79. The van der Waals surface area contributed by atoms with E-state index in [-0.39, 0.29) is 6.42 Å². The molecule has 2 aromatic carbocycles. The van der Waals surface area contributed by atoms with Crippen molar-refractivity contribution in [2.45, 2.75) is 18.3 Å². The van der Waals surface area contributed by atoms with Gasteiger partial charge in [-0.2, -0.15) is 5.26 Å². The van der Waals surface area contributed by atoms with Gasteiger partial charge in [-0.1, -0.05) is 24.3 Å². The number of carbonyl (C=O) groups excluding carboxylic acids is 1. The van der Waals surface area contributed by atoms with Gasteiger partial charge in [-0.25, -0.2) is 8.78 Å². The Morgan fingerprint density at radius 2 is 1.83 bits per heavy atom. The lowest BCUT2D eigenvalue weighted by Crippen LogP contribution is -2.22. The predicted molar refractivity (Wildman–Crippen MR) is 80.5 cm³/mol. The van der Waals surface area contributed by atoms with Crippen molar-refractivity contribution in [2.24, 2.45) is 0 Å². The highest BCUT2D eigenvalue weighted by Gasteiger charge is 2.32. The van der Waals surface area contributed by atoms with Crippen LogP contribution in [0, 0.1) is 23.0 Å². The van der Waals surface area contributed by atoms with Crippen LogP contribution in [0.5, 0.6) is 0 Å². The molecule has 0 saturated heterocycles. The van der Waals surface area contributed by atoms with E-state index in [4.69, 9.17) is 10.00 Å². The topological polar surface area (TPSA) is 50.1 Å². The molecule has 5 heteroatoms. The number of methoxy groups -OCH3 is 1. The molecular weight excluding hydrogens is 300 g/mol. The van der Waals surface area contributed by atoms with Crippen LogP contribution in [0.15, 0.2) is 48.5 Å². The molecule has 0 aliphatic carbocycles. The first-order valence-corrected chi connectivity index (χ1v) is 7.02. The van der Waals surface area contributed by atoms with Gasteiger partial charge >= 0.3 is 5.97 Å². The number of carbonyl (C=O) groups is 1. The van der Waals surface area contributed by atoms with Crippen molar-refractivity contribution >= 4 is 5.97 Å². The second-order valence-corrected chi connectivity index (χ2v) is 5.08. The number of ether oxygens (including phenoxy) is 1. The Morgan fingerprint density at radius 1 is 1.13 bits per heavy atom. The van der Waals surface area contributed by atoms with Crippen molar-refractivity contribution in [3.8, 4) is 6.07 Å². The Hall–Kier alpha value is -2.74. The molecule has 0 radical (unpaired) electrons. The summed E-state index contributed by atoms with van der Waals surface area (Å²) in [5, 5.41) is 9.11. The Labute approximate surface area is 133 Å². The fourth-order valence-corrected chi connectivity index (χ4v) is 2.60. The van der Waals surface area contributed by atoms with Gasteiger partial charge in [0, 0.05) is 12.3 Å². The molecule has 0 N–H and O–H groups in total. The van der Waals surface area contributed by atoms with Crippen molar-refractivity contribution in [3.05, 3.63) is 71.3 Å². The number of nitriles is 1. The molecule has 0 bridgehead atoms. The van der Waals surface area contributed by atoms with E-state index in [2.05, 4.69) is 0 Å². The van der Waals surface area contributed by atoms with E-state index in [0.717, 1.165) is 0 Å². The zero-order valence-electron chi connectivity index (χ0n) is 12.5. The average Bonchev–Trinajstić information content (AvgIpc) is 2.55. The summed E-state index contributed by atoms with van der Waals surface area (Å²) in [6.45, 7) is 0. The Morgan fingerprint density at radius 3 is 2.39 bits per heavy atom. The summed E-state index contributed by atoms with van der Waals surface area (Å²) in [4.78, 5) is 12.3. The maximum Gasteiger partial charge on any atom is 0.313 e. The Bertz CT molecular complexity index is 723. The van der Waals surface area contributed by atoms with Crippen LogP contribution in [0.2, 0.25) is 0 Å². The van der Waals surface area contributed by atoms with Gasteiger partial charge in [-0.05, 0) is 35.4 Å². The van der Waals surface area contributed by atoms with Gasteiger partial charge in [0.25, 0.3) is 0 Å². The molecule has 0 aliphatic heterocycles. The first kappa shape index (κ1) is 16.6. The number of hydrogen-bond donors (Lipinski definition) is 0. The van der Waals surface area contributed by atoms with Crippen LogP contribution in [-0.4, -0.2) is 13.1 Å². The number of hydrogen-bond acceptors (Lipinski definition) is 3. The normalized spacial score (nSPS) is 13.0. The lowest BCUT2D eigenvalue weighted by molar-refractivity contribution is -0.143. The molecule has 0 spiro atoms. The molecule has 0 heterocycles. The van der Waals surface area contributed by atoms with Crippen LogP contribution in [0.1, 0.15) is 29.4 Å². The third-order valence-corrected chi connectivity index (χ3v) is 3.67. The lowest BCUT2D eigenvalue weighted by Gasteiger charge is -2.24. The highest BCUT2D eigenvalue weighted by molar-refractivity contribution is 5.79. The van der Waals surface area contributed by atoms with Crippen LogP contribution in [0.25, 0.3) is 0 Å². The summed E-state index contributed by atoms with van der Waals surface area (Å²) in [5.74, 6) is -2.87. The van der Waals surface area contributed by atoms with Crippen molar-refractivity contribution in [3.63, 3.8) is 0 Å². The molecule has 2 atom stereocenters. The largest absolute Gasteiger partial charge is 0.469 e. The van der Waals surface area contributed by atoms with E-state index in [1.807, 2.05) is 6.07 Å². The second-order valence-electron chi connectivity index (χ2n) is 5.08. The Balaban J connectivity index is 2.51. The SMILES string of the molecule is COC(=O)C(c1cccc(F)c1)C(CC#N)c1ccc(F)cc1. The average molecular weight is 315 g/mol. The quantitative estimate of drug-likeness (QED) is 0.786. The van der Waals surface area contributed by atoms with Crippen LogP contribution in [0.3, 0.4) is 0 Å². The molecule has 23 heavy (non-hydrogen) atoms. The molecule has 0 saturated carbocycles. The molecule has 0 aromatic heterocycles. The minimum Gasteiger partial charge on any atom is -0.469 e. The van der Waals surface area contributed by atoms with Gasteiger partial charge in [-0.15, -0.1) is 0 Å². The van der Waals surface area contributed by atoms with Gasteiger partial charge in [0.05, 0.1) is 19.1 Å². The smallest absolute Gasteiger partial charge is 0.313 e. The van der Waals surface area contributed by atoms with Gasteiger partial charge in [0.15, 0.2) is 0 Å². The first-order valence-electron chi connectivity index (χ1n) is 7.02. The van der Waals surface area contributed by atoms with Gasteiger partial charge in [-0.3, -0.25) is 4.79 Å². The van der Waals surface area contributed by atoms with Crippen molar-refractivity contribution in [2.75, 3.05) is 7.11 Å². The van der Waals surface area contributed by atoms with Crippen LogP contribution >= 0.6 is 0 Å². The zero-order valence-corrected chi connectivity index (χ0v) is 12.5. The standard InChI is InChI=1S/C18H15F2NO2/c1-23-18(22)17(13-3-2-4-15(20)11-13)16(9-10-21)12-5-7-14(19)8-6-12/h2-8,11,16-17H,9H2,1H3. The maximum absolute atomic E-state index is 13.5. The number of nitrogens with zero attached hydrogens (tertiary/aromatic N) is 1. The van der Waals surface area contributed by atoms with Crippen molar-refractivity contribution in [1.82, 2.24) is 0 Å². The van der Waals surface area contributed by atoms with Crippen molar-refractivity contribution < 1.29 is 18.3 Å². The summed E-state index contributed by atoms with van der Waals surface area (Å²) < 4.78 is 31.5. The molecule has 2 unspecified atom stereocenters. The highest BCUT2D eigenvalue weighted by atomic mass is 19.1. The van der Waals surface area contributed by atoms with E-state index in [1.165, 1.54) is 49.6 Å². The third kappa shape index (κ3) is 3.92. The summed E-state index contributed by atoms with van der Waals surface area (Å²) in [7, 11) is 1.24. The summed E-state index contributed by atoms with van der Waals surface area (Å²) >= 11 is 0. The minimum absolute atomic E-state index is 0.0158. The molecular formula is C18H15F2NO2. The van der Waals surface area contributed by atoms with E-state index in [1.54, 1.807) is 6.07 Å². The summed E-state index contributed by atoms with van der Waals surface area (Å²) in [6.07, 6.45) is 0.0158. The molecule has 2 aromatic rings. The fourth-order valence-electron chi connectivity index (χ4n) is 2.60. The molecule has 0 fully saturated rings. The molecule has 118 valence electrons. The fraction of sp³-hybridized carbons (Fsp3) is 0.222. The van der Waals surface area contributed by atoms with Crippen molar-refractivity contribution in [1.29, 1.82) is 5.26 Å². The Kier molecular flexibility index (Phi) is 5.42. The maximum atomic E-state index is 13.5. The van der Waals surface area contributed by atoms with Crippen LogP contribution in [0.4, 0.5) is 8.78 Å². The second kappa shape index (κ2) is 7.50. The monoisotopic (exact) mass is 315 g/mol. The van der Waals surface area contributed by atoms with Gasteiger partial charge < -0.3 is 4.74 Å².